The van der Waals surface area contributed by atoms with E-state index in [4.69, 9.17) is 0 Å². The first-order chi connectivity index (χ1) is 13.8. The first-order valence-corrected chi connectivity index (χ1v) is 9.25. The van der Waals surface area contributed by atoms with Gasteiger partial charge in [0.2, 0.25) is 0 Å². The number of aryl methyl sites for hydroxylation is 1. The van der Waals surface area contributed by atoms with Gasteiger partial charge in [0, 0.05) is 38.9 Å². The number of aromatic nitrogens is 3. The average Bonchev–Trinajstić information content (AvgIpc) is 3.12. The molecule has 4 rings (SSSR count). The van der Waals surface area contributed by atoms with Gasteiger partial charge in [-0.1, -0.05) is 0 Å². The van der Waals surface area contributed by atoms with E-state index < -0.39 is 17.3 Å². The number of rotatable bonds is 2. The number of benzene rings is 1. The van der Waals surface area contributed by atoms with Gasteiger partial charge in [0.15, 0.2) is 0 Å². The summed E-state index contributed by atoms with van der Waals surface area (Å²) >= 11 is 0. The first-order valence-electron chi connectivity index (χ1n) is 9.25. The van der Waals surface area contributed by atoms with Gasteiger partial charge in [0.1, 0.15) is 11.4 Å². The quantitative estimate of drug-likeness (QED) is 0.707. The Bertz CT molecular complexity index is 1170. The van der Waals surface area contributed by atoms with E-state index in [1.54, 1.807) is 27.7 Å². The van der Waals surface area contributed by atoms with E-state index in [1.165, 1.54) is 30.5 Å². The summed E-state index contributed by atoms with van der Waals surface area (Å²) < 4.78 is 14.9. The van der Waals surface area contributed by atoms with Gasteiger partial charge in [-0.15, -0.1) is 0 Å². The lowest BCUT2D eigenvalue weighted by Gasteiger charge is -2.39. The molecule has 0 saturated carbocycles. The maximum absolute atomic E-state index is 13.4. The lowest BCUT2D eigenvalue weighted by atomic mass is 10.1. The number of fused-ring (bicyclic) bond motifs is 1. The smallest absolute Gasteiger partial charge is 0.261 e. The van der Waals surface area contributed by atoms with Crippen molar-refractivity contribution in [3.63, 3.8) is 0 Å². The molecule has 0 aliphatic carbocycles. The van der Waals surface area contributed by atoms with Crippen LogP contribution in [0.25, 0.3) is 10.9 Å². The fourth-order valence-electron chi connectivity index (χ4n) is 3.64. The molecule has 1 saturated heterocycles. The fourth-order valence-corrected chi connectivity index (χ4v) is 3.64. The standard InChI is InChI=1S/C20H20FN5O3/c1-12-10-25(5-6-26(12)19(28)14-9-22-24(2)11-14)20(29)16-7-13-3-4-15(21)8-17(13)23-18(16)27/h3-4,7-9,11-12H,5-6,10H2,1-2H3,(H,23,27)/t12-/m0/s1. The molecule has 1 aliphatic heterocycles. The van der Waals surface area contributed by atoms with E-state index in [0.717, 1.165) is 0 Å². The van der Waals surface area contributed by atoms with Crippen molar-refractivity contribution < 1.29 is 14.0 Å². The van der Waals surface area contributed by atoms with E-state index >= 15 is 0 Å². The summed E-state index contributed by atoms with van der Waals surface area (Å²) in [4.78, 5) is 43.8. The van der Waals surface area contributed by atoms with Crippen LogP contribution in [0.5, 0.6) is 0 Å². The molecule has 2 aromatic heterocycles. The second-order valence-corrected chi connectivity index (χ2v) is 7.25. The molecule has 1 fully saturated rings. The Morgan fingerprint density at radius 2 is 2.00 bits per heavy atom. The van der Waals surface area contributed by atoms with E-state index in [-0.39, 0.29) is 17.5 Å². The molecule has 2 amide bonds. The van der Waals surface area contributed by atoms with Crippen molar-refractivity contribution in [2.45, 2.75) is 13.0 Å². The van der Waals surface area contributed by atoms with Crippen LogP contribution < -0.4 is 5.56 Å². The van der Waals surface area contributed by atoms with Crippen LogP contribution in [0, 0.1) is 5.82 Å². The van der Waals surface area contributed by atoms with Crippen LogP contribution in [-0.2, 0) is 7.05 Å². The Morgan fingerprint density at radius 3 is 2.69 bits per heavy atom. The Hall–Kier alpha value is -3.49. The minimum absolute atomic E-state index is 0.00310. The Kier molecular flexibility index (Phi) is 4.65. The van der Waals surface area contributed by atoms with Crippen molar-refractivity contribution in [3.8, 4) is 0 Å². The van der Waals surface area contributed by atoms with E-state index in [0.29, 0.717) is 36.1 Å². The monoisotopic (exact) mass is 397 g/mol. The maximum Gasteiger partial charge on any atom is 0.261 e. The van der Waals surface area contributed by atoms with Crippen molar-refractivity contribution >= 4 is 22.7 Å². The summed E-state index contributed by atoms with van der Waals surface area (Å²) in [5.74, 6) is -1.00. The van der Waals surface area contributed by atoms with Gasteiger partial charge in [-0.3, -0.25) is 19.1 Å². The van der Waals surface area contributed by atoms with Crippen molar-refractivity contribution in [1.29, 1.82) is 0 Å². The molecule has 29 heavy (non-hydrogen) atoms. The van der Waals surface area contributed by atoms with Gasteiger partial charge in [0.05, 0.1) is 17.3 Å². The van der Waals surface area contributed by atoms with Crippen LogP contribution in [0.3, 0.4) is 0 Å². The summed E-state index contributed by atoms with van der Waals surface area (Å²) in [6, 6.07) is 5.28. The molecule has 3 heterocycles. The molecule has 8 nitrogen and oxygen atoms in total. The third-order valence-corrected chi connectivity index (χ3v) is 5.17. The van der Waals surface area contributed by atoms with E-state index in [2.05, 4.69) is 10.1 Å². The van der Waals surface area contributed by atoms with E-state index in [9.17, 15) is 18.8 Å². The Labute approximate surface area is 165 Å². The molecule has 1 aliphatic rings. The van der Waals surface area contributed by atoms with Crippen molar-refractivity contribution in [1.82, 2.24) is 24.6 Å². The highest BCUT2D eigenvalue weighted by Crippen LogP contribution is 2.17. The number of carbonyl (C=O) groups is 2. The molecule has 1 aromatic carbocycles. The minimum Gasteiger partial charge on any atom is -0.335 e. The van der Waals surface area contributed by atoms with Gasteiger partial charge in [-0.2, -0.15) is 5.10 Å². The van der Waals surface area contributed by atoms with Crippen LogP contribution in [0.2, 0.25) is 0 Å². The summed E-state index contributed by atoms with van der Waals surface area (Å²) in [5.41, 5.74) is 0.280. The average molecular weight is 397 g/mol. The minimum atomic E-state index is -0.561. The largest absolute Gasteiger partial charge is 0.335 e. The molecular weight excluding hydrogens is 377 g/mol. The van der Waals surface area contributed by atoms with Crippen LogP contribution >= 0.6 is 0 Å². The number of aromatic amines is 1. The molecule has 9 heteroatoms. The second-order valence-electron chi connectivity index (χ2n) is 7.25. The summed E-state index contributed by atoms with van der Waals surface area (Å²) in [5, 5.41) is 4.60. The number of hydrogen-bond acceptors (Lipinski definition) is 4. The molecule has 0 bridgehead atoms. The third-order valence-electron chi connectivity index (χ3n) is 5.17. The Balaban J connectivity index is 1.53. The van der Waals surface area contributed by atoms with Crippen molar-refractivity contribution in [3.05, 3.63) is 64.0 Å². The van der Waals surface area contributed by atoms with Gasteiger partial charge in [-0.25, -0.2) is 4.39 Å². The normalized spacial score (nSPS) is 17.0. The van der Waals surface area contributed by atoms with Crippen LogP contribution in [0.1, 0.15) is 27.6 Å². The molecule has 1 N–H and O–H groups in total. The van der Waals surface area contributed by atoms with Crippen LogP contribution in [-0.4, -0.2) is 62.1 Å². The predicted octanol–water partition coefficient (Wildman–Crippen LogP) is 1.39. The molecular formula is C20H20FN5O3. The van der Waals surface area contributed by atoms with Gasteiger partial charge >= 0.3 is 0 Å². The SMILES string of the molecule is C[C@H]1CN(C(=O)c2cc3ccc(F)cc3[nH]c2=O)CCN1C(=O)c1cnn(C)c1. The van der Waals surface area contributed by atoms with E-state index in [1.807, 2.05) is 6.92 Å². The summed E-state index contributed by atoms with van der Waals surface area (Å²) in [7, 11) is 1.74. The fraction of sp³-hybridized carbons (Fsp3) is 0.300. The highest BCUT2D eigenvalue weighted by atomic mass is 19.1. The summed E-state index contributed by atoms with van der Waals surface area (Å²) in [6.45, 7) is 2.85. The topological polar surface area (TPSA) is 91.3 Å². The second kappa shape index (κ2) is 7.16. The lowest BCUT2D eigenvalue weighted by molar-refractivity contribution is 0.0413. The van der Waals surface area contributed by atoms with Gasteiger partial charge < -0.3 is 14.8 Å². The zero-order valence-electron chi connectivity index (χ0n) is 16.1. The van der Waals surface area contributed by atoms with Gasteiger partial charge in [-0.05, 0) is 36.6 Å². The molecule has 0 unspecified atom stereocenters. The molecule has 150 valence electrons. The molecule has 0 radical (unpaired) electrons. The van der Waals surface area contributed by atoms with Crippen LogP contribution in [0.15, 0.2) is 41.5 Å². The van der Waals surface area contributed by atoms with Crippen LogP contribution in [0.4, 0.5) is 4.39 Å². The number of H-pyrrole nitrogens is 1. The third kappa shape index (κ3) is 3.51. The molecule has 0 spiro atoms. The number of pyridine rings is 1. The number of amides is 2. The zero-order valence-corrected chi connectivity index (χ0v) is 16.1. The maximum atomic E-state index is 13.4. The highest BCUT2D eigenvalue weighted by Gasteiger charge is 2.32. The Morgan fingerprint density at radius 1 is 1.21 bits per heavy atom. The van der Waals surface area contributed by atoms with Crippen molar-refractivity contribution in [2.75, 3.05) is 19.6 Å². The number of carbonyl (C=O) groups excluding carboxylic acids is 2. The number of nitrogens with one attached hydrogen (secondary N) is 1. The molecule has 1 atom stereocenters. The molecule has 3 aromatic rings. The van der Waals surface area contributed by atoms with Gasteiger partial charge in [0.25, 0.3) is 17.4 Å². The number of piperazine rings is 1. The lowest BCUT2D eigenvalue weighted by Crippen LogP contribution is -2.55. The predicted molar refractivity (Wildman–Crippen MR) is 104 cm³/mol. The number of hydrogen-bond donors (Lipinski definition) is 1. The van der Waals surface area contributed by atoms with Crippen molar-refractivity contribution in [2.24, 2.45) is 7.05 Å². The number of halogens is 1. The summed E-state index contributed by atoms with van der Waals surface area (Å²) in [6.07, 6.45) is 3.17. The highest BCUT2D eigenvalue weighted by molar-refractivity contribution is 5.98. The first kappa shape index (κ1) is 18.9. The number of nitrogens with zero attached hydrogens (tertiary/aromatic N) is 4. The zero-order chi connectivity index (χ0) is 20.7.